The van der Waals surface area contributed by atoms with Crippen molar-refractivity contribution < 1.29 is 18.3 Å². The van der Waals surface area contributed by atoms with E-state index >= 15 is 0 Å². The summed E-state index contributed by atoms with van der Waals surface area (Å²) in [7, 11) is 1.40. The number of benzene rings is 1. The van der Waals surface area contributed by atoms with E-state index in [-0.39, 0.29) is 18.0 Å². The molecule has 6 heteroatoms. The van der Waals surface area contributed by atoms with Crippen LogP contribution in [0.25, 0.3) is 0 Å². The highest BCUT2D eigenvalue weighted by Crippen LogP contribution is 2.19. The van der Waals surface area contributed by atoms with Gasteiger partial charge in [-0.2, -0.15) is 0 Å². The second-order valence-corrected chi connectivity index (χ2v) is 4.16. The minimum absolute atomic E-state index is 0.0507. The SMILES string of the molecule is BC(=O)N[C@@H](Cc1cc(F)cc(F)c1)[C@@H]1CO1. The molecule has 0 saturated carbocycles. The van der Waals surface area contributed by atoms with Crippen LogP contribution >= 0.6 is 0 Å². The third-order valence-electron chi connectivity index (χ3n) is 2.57. The Bertz CT molecular complexity index is 417. The molecule has 1 heterocycles. The number of amides is 1. The van der Waals surface area contributed by atoms with Crippen molar-refractivity contribution in [2.75, 3.05) is 6.61 Å². The van der Waals surface area contributed by atoms with Gasteiger partial charge >= 0.3 is 0 Å². The van der Waals surface area contributed by atoms with Crippen molar-refractivity contribution in [2.45, 2.75) is 18.6 Å². The predicted octanol–water partition coefficient (Wildman–Crippen LogP) is 0.617. The third kappa shape index (κ3) is 3.52. The topological polar surface area (TPSA) is 41.6 Å². The summed E-state index contributed by atoms with van der Waals surface area (Å²) in [6, 6.07) is 3.12. The summed E-state index contributed by atoms with van der Waals surface area (Å²) in [6.45, 7) is 0.572. The van der Waals surface area contributed by atoms with Crippen molar-refractivity contribution in [3.63, 3.8) is 0 Å². The van der Waals surface area contributed by atoms with E-state index in [1.54, 1.807) is 0 Å². The molecule has 0 unspecified atom stereocenters. The van der Waals surface area contributed by atoms with E-state index in [0.29, 0.717) is 18.6 Å². The predicted molar refractivity (Wildman–Crippen MR) is 60.7 cm³/mol. The minimum atomic E-state index is -0.613. The number of hydrogen-bond donors (Lipinski definition) is 1. The Hall–Kier alpha value is -1.43. The lowest BCUT2D eigenvalue weighted by Crippen LogP contribution is -2.39. The van der Waals surface area contributed by atoms with Crippen molar-refractivity contribution >= 4 is 13.7 Å². The van der Waals surface area contributed by atoms with Gasteiger partial charge in [0.25, 0.3) is 0 Å². The van der Waals surface area contributed by atoms with Gasteiger partial charge in [0.15, 0.2) is 5.81 Å². The van der Waals surface area contributed by atoms with Crippen LogP contribution in [0.2, 0.25) is 0 Å². The van der Waals surface area contributed by atoms with Gasteiger partial charge in [-0.25, -0.2) is 8.78 Å². The summed E-state index contributed by atoms with van der Waals surface area (Å²) in [4.78, 5) is 11.0. The van der Waals surface area contributed by atoms with Crippen molar-refractivity contribution in [3.05, 3.63) is 35.4 Å². The molecular weight excluding hydrogens is 227 g/mol. The number of rotatable bonds is 4. The van der Waals surface area contributed by atoms with Crippen molar-refractivity contribution in [1.82, 2.24) is 5.32 Å². The van der Waals surface area contributed by atoms with E-state index < -0.39 is 11.6 Å². The maximum atomic E-state index is 13.0. The summed E-state index contributed by atoms with van der Waals surface area (Å²) < 4.78 is 31.1. The van der Waals surface area contributed by atoms with Crippen LogP contribution in [-0.2, 0) is 11.2 Å². The maximum absolute atomic E-state index is 13.0. The zero-order valence-corrected chi connectivity index (χ0v) is 9.37. The van der Waals surface area contributed by atoms with Gasteiger partial charge in [0, 0.05) is 6.07 Å². The van der Waals surface area contributed by atoms with Crippen LogP contribution in [0.15, 0.2) is 18.2 Å². The van der Waals surface area contributed by atoms with Crippen molar-refractivity contribution in [3.8, 4) is 0 Å². The van der Waals surface area contributed by atoms with E-state index in [1.165, 1.54) is 20.0 Å². The van der Waals surface area contributed by atoms with Crippen LogP contribution in [0.1, 0.15) is 5.56 Å². The Morgan fingerprint density at radius 1 is 1.47 bits per heavy atom. The molecular formula is C11H12BF2NO2. The second-order valence-electron chi connectivity index (χ2n) is 4.16. The van der Waals surface area contributed by atoms with Crippen molar-refractivity contribution in [2.24, 2.45) is 0 Å². The fourth-order valence-corrected chi connectivity index (χ4v) is 1.81. The summed E-state index contributed by atoms with van der Waals surface area (Å²) >= 11 is 0. The van der Waals surface area contributed by atoms with E-state index in [9.17, 15) is 13.6 Å². The highest BCUT2D eigenvalue weighted by molar-refractivity contribution is 6.57. The zero-order chi connectivity index (χ0) is 12.4. The lowest BCUT2D eigenvalue weighted by atomic mass is 10.0. The molecule has 1 aliphatic heterocycles. The quantitative estimate of drug-likeness (QED) is 0.618. The van der Waals surface area contributed by atoms with Gasteiger partial charge in [-0.05, 0) is 24.1 Å². The first-order valence-corrected chi connectivity index (χ1v) is 5.38. The molecule has 1 saturated heterocycles. The molecule has 0 aromatic heterocycles. The third-order valence-corrected chi connectivity index (χ3v) is 2.57. The Kier molecular flexibility index (Phi) is 3.42. The fraction of sp³-hybridized carbons (Fsp3) is 0.364. The fourth-order valence-electron chi connectivity index (χ4n) is 1.81. The molecule has 1 amide bonds. The van der Waals surface area contributed by atoms with E-state index in [0.717, 1.165) is 6.07 Å². The van der Waals surface area contributed by atoms with Crippen LogP contribution in [0.3, 0.4) is 0 Å². The van der Waals surface area contributed by atoms with Crippen molar-refractivity contribution in [1.29, 1.82) is 0 Å². The van der Waals surface area contributed by atoms with E-state index in [2.05, 4.69) is 5.32 Å². The van der Waals surface area contributed by atoms with Gasteiger partial charge in [0.1, 0.15) is 17.7 Å². The van der Waals surface area contributed by atoms with Crippen LogP contribution < -0.4 is 5.32 Å². The van der Waals surface area contributed by atoms with Crippen LogP contribution in [0.4, 0.5) is 13.6 Å². The summed E-state index contributed by atoms with van der Waals surface area (Å²) in [5.74, 6) is -1.40. The standard InChI is InChI=1S/C11H12BF2NO2/c12-11(16)15-9(10-5-17-10)3-6-1-7(13)4-8(14)2-6/h1-2,4,9-10H,3,5,12H2,(H,15,16)/t9-,10-/m0/s1. The molecule has 0 spiro atoms. The first kappa shape index (κ1) is 12.0. The molecule has 0 aliphatic carbocycles. The van der Waals surface area contributed by atoms with Crippen LogP contribution in [-0.4, -0.2) is 32.4 Å². The number of nitrogens with one attached hydrogen (secondary N) is 1. The monoisotopic (exact) mass is 239 g/mol. The zero-order valence-electron chi connectivity index (χ0n) is 9.37. The number of halogens is 2. The number of carbonyl (C=O) groups excluding carboxylic acids is 1. The van der Waals surface area contributed by atoms with E-state index in [1.807, 2.05) is 0 Å². The molecule has 2 atom stereocenters. The summed E-state index contributed by atoms with van der Waals surface area (Å²) in [5.41, 5.74) is 0.511. The second kappa shape index (κ2) is 4.83. The number of epoxide rings is 1. The first-order chi connectivity index (χ1) is 8.04. The summed E-state index contributed by atoms with van der Waals surface area (Å²) in [6.07, 6.45) is 0.309. The Morgan fingerprint density at radius 3 is 2.53 bits per heavy atom. The van der Waals surface area contributed by atoms with Gasteiger partial charge in [-0.15, -0.1) is 0 Å². The Labute approximate surface area is 98.6 Å². The highest BCUT2D eigenvalue weighted by atomic mass is 19.1. The average molecular weight is 239 g/mol. The molecule has 1 aromatic rings. The van der Waals surface area contributed by atoms with Gasteiger partial charge < -0.3 is 10.1 Å². The molecule has 0 bridgehead atoms. The molecule has 1 fully saturated rings. The minimum Gasteiger partial charge on any atom is -0.371 e. The molecule has 1 aromatic carbocycles. The lowest BCUT2D eigenvalue weighted by molar-refractivity contribution is 0.251. The Morgan fingerprint density at radius 2 is 2.06 bits per heavy atom. The number of ether oxygens (including phenoxy) is 1. The molecule has 0 radical (unpaired) electrons. The Balaban J connectivity index is 2.08. The largest absolute Gasteiger partial charge is 0.371 e. The maximum Gasteiger partial charge on any atom is 0.215 e. The number of hydrogen-bond acceptors (Lipinski definition) is 2. The molecule has 3 nitrogen and oxygen atoms in total. The molecule has 17 heavy (non-hydrogen) atoms. The van der Waals surface area contributed by atoms with Gasteiger partial charge in [0.05, 0.1) is 12.6 Å². The van der Waals surface area contributed by atoms with E-state index in [4.69, 9.17) is 4.74 Å². The van der Waals surface area contributed by atoms with Gasteiger partial charge in [-0.1, -0.05) is 0 Å². The highest BCUT2D eigenvalue weighted by Gasteiger charge is 2.33. The normalized spacial score (nSPS) is 19.8. The molecule has 1 aliphatic rings. The summed E-state index contributed by atoms with van der Waals surface area (Å²) in [5, 5.41) is 2.72. The molecule has 1 N–H and O–H groups in total. The number of carbonyl (C=O) groups is 1. The van der Waals surface area contributed by atoms with Gasteiger partial charge in [-0.3, -0.25) is 4.79 Å². The smallest absolute Gasteiger partial charge is 0.215 e. The van der Waals surface area contributed by atoms with Crippen LogP contribution in [0.5, 0.6) is 0 Å². The molecule has 2 rings (SSSR count). The lowest BCUT2D eigenvalue weighted by Gasteiger charge is -2.15. The first-order valence-electron chi connectivity index (χ1n) is 5.38. The van der Waals surface area contributed by atoms with Crippen LogP contribution in [0, 0.1) is 11.6 Å². The van der Waals surface area contributed by atoms with Gasteiger partial charge in [0.2, 0.25) is 7.85 Å². The average Bonchev–Trinajstić information content (AvgIpc) is 2.96. The molecule has 90 valence electrons.